The molecule has 0 aliphatic heterocycles. The molecule has 1 aromatic heterocycles. The van der Waals surface area contributed by atoms with E-state index in [1.54, 1.807) is 49.6 Å². The normalized spacial score (nSPS) is 11.2. The highest BCUT2D eigenvalue weighted by molar-refractivity contribution is 6.00. The molecule has 98 valence electrons. The van der Waals surface area contributed by atoms with Gasteiger partial charge in [0.2, 0.25) is 0 Å². The Balaban J connectivity index is 2.11. The van der Waals surface area contributed by atoms with E-state index in [2.05, 4.69) is 10.5 Å². The van der Waals surface area contributed by atoms with Crippen LogP contribution in [-0.2, 0) is 0 Å². The summed E-state index contributed by atoms with van der Waals surface area (Å²) in [5, 5.41) is 3.99. The van der Waals surface area contributed by atoms with Gasteiger partial charge in [0.25, 0.3) is 5.91 Å². The fourth-order valence-corrected chi connectivity index (χ4v) is 1.57. The zero-order valence-corrected chi connectivity index (χ0v) is 10.7. The SMILES string of the molecule is COc1ccccc1C(=O)N/N=C(/C)c1ccco1. The van der Waals surface area contributed by atoms with E-state index in [1.165, 1.54) is 7.11 Å². The zero-order chi connectivity index (χ0) is 13.7. The van der Waals surface area contributed by atoms with E-state index in [0.29, 0.717) is 22.8 Å². The van der Waals surface area contributed by atoms with Crippen molar-refractivity contribution in [1.82, 2.24) is 5.43 Å². The van der Waals surface area contributed by atoms with Gasteiger partial charge in [0.15, 0.2) is 0 Å². The molecule has 5 heteroatoms. The lowest BCUT2D eigenvalue weighted by molar-refractivity contribution is 0.0952. The Morgan fingerprint density at radius 2 is 2.05 bits per heavy atom. The van der Waals surface area contributed by atoms with E-state index in [0.717, 1.165) is 0 Å². The molecular weight excluding hydrogens is 244 g/mol. The van der Waals surface area contributed by atoms with E-state index >= 15 is 0 Å². The highest BCUT2D eigenvalue weighted by Crippen LogP contribution is 2.16. The number of hydrazone groups is 1. The first-order chi connectivity index (χ1) is 9.22. The summed E-state index contributed by atoms with van der Waals surface area (Å²) in [5.41, 5.74) is 3.49. The molecule has 1 heterocycles. The second-order valence-electron chi connectivity index (χ2n) is 3.82. The molecule has 19 heavy (non-hydrogen) atoms. The van der Waals surface area contributed by atoms with Crippen molar-refractivity contribution in [2.75, 3.05) is 7.11 Å². The number of nitrogens with zero attached hydrogens (tertiary/aromatic N) is 1. The van der Waals surface area contributed by atoms with Crippen LogP contribution in [0.4, 0.5) is 0 Å². The van der Waals surface area contributed by atoms with Crippen LogP contribution in [0.3, 0.4) is 0 Å². The molecule has 0 spiro atoms. The van der Waals surface area contributed by atoms with Crippen molar-refractivity contribution in [3.8, 4) is 5.75 Å². The first-order valence-electron chi connectivity index (χ1n) is 5.74. The van der Waals surface area contributed by atoms with Gasteiger partial charge in [0, 0.05) is 0 Å². The zero-order valence-electron chi connectivity index (χ0n) is 10.7. The molecule has 5 nitrogen and oxygen atoms in total. The van der Waals surface area contributed by atoms with Crippen molar-refractivity contribution >= 4 is 11.6 Å². The van der Waals surface area contributed by atoms with Gasteiger partial charge in [-0.15, -0.1) is 0 Å². The van der Waals surface area contributed by atoms with Crippen LogP contribution in [-0.4, -0.2) is 18.7 Å². The molecule has 2 aromatic rings. The Hall–Kier alpha value is -2.56. The second-order valence-corrected chi connectivity index (χ2v) is 3.82. The molecule has 0 aliphatic rings. The number of amides is 1. The van der Waals surface area contributed by atoms with Gasteiger partial charge in [-0.2, -0.15) is 5.10 Å². The van der Waals surface area contributed by atoms with Crippen molar-refractivity contribution < 1.29 is 13.9 Å². The Morgan fingerprint density at radius 3 is 2.74 bits per heavy atom. The summed E-state index contributed by atoms with van der Waals surface area (Å²) < 4.78 is 10.3. The van der Waals surface area contributed by atoms with E-state index in [-0.39, 0.29) is 5.91 Å². The third kappa shape index (κ3) is 3.01. The van der Waals surface area contributed by atoms with Crippen LogP contribution < -0.4 is 10.2 Å². The Kier molecular flexibility index (Phi) is 3.97. The quantitative estimate of drug-likeness (QED) is 0.676. The monoisotopic (exact) mass is 258 g/mol. The van der Waals surface area contributed by atoms with Crippen molar-refractivity contribution in [3.63, 3.8) is 0 Å². The number of hydrogen-bond acceptors (Lipinski definition) is 4. The Labute approximate surface area is 110 Å². The molecule has 0 atom stereocenters. The number of rotatable bonds is 4. The fraction of sp³-hybridized carbons (Fsp3) is 0.143. The van der Waals surface area contributed by atoms with Gasteiger partial charge in [0.1, 0.15) is 17.2 Å². The molecule has 0 bridgehead atoms. The number of ether oxygens (including phenoxy) is 1. The summed E-state index contributed by atoms with van der Waals surface area (Å²) in [7, 11) is 1.52. The minimum absolute atomic E-state index is 0.330. The summed E-state index contributed by atoms with van der Waals surface area (Å²) in [6.07, 6.45) is 1.55. The summed E-state index contributed by atoms with van der Waals surface area (Å²) in [6, 6.07) is 10.5. The van der Waals surface area contributed by atoms with Crippen molar-refractivity contribution in [2.24, 2.45) is 5.10 Å². The molecule has 0 saturated carbocycles. The lowest BCUT2D eigenvalue weighted by atomic mass is 10.2. The van der Waals surface area contributed by atoms with Gasteiger partial charge in [-0.1, -0.05) is 12.1 Å². The van der Waals surface area contributed by atoms with E-state index in [4.69, 9.17) is 9.15 Å². The third-order valence-electron chi connectivity index (χ3n) is 2.55. The first-order valence-corrected chi connectivity index (χ1v) is 5.74. The van der Waals surface area contributed by atoms with E-state index in [1.807, 2.05) is 0 Å². The summed E-state index contributed by atoms with van der Waals surface area (Å²) >= 11 is 0. The number of benzene rings is 1. The van der Waals surface area contributed by atoms with Gasteiger partial charge < -0.3 is 9.15 Å². The third-order valence-corrected chi connectivity index (χ3v) is 2.55. The summed E-state index contributed by atoms with van der Waals surface area (Å²) in [5.74, 6) is 0.787. The molecule has 0 fully saturated rings. The summed E-state index contributed by atoms with van der Waals surface area (Å²) in [6.45, 7) is 1.75. The van der Waals surface area contributed by atoms with Gasteiger partial charge in [-0.25, -0.2) is 5.43 Å². The Morgan fingerprint density at radius 1 is 1.26 bits per heavy atom. The molecular formula is C14H14N2O3. The topological polar surface area (TPSA) is 63.8 Å². The minimum atomic E-state index is -0.330. The van der Waals surface area contributed by atoms with Gasteiger partial charge >= 0.3 is 0 Å². The number of para-hydroxylation sites is 1. The Bertz CT molecular complexity index is 588. The molecule has 1 aromatic carbocycles. The maximum atomic E-state index is 12.0. The van der Waals surface area contributed by atoms with Gasteiger partial charge in [-0.3, -0.25) is 4.79 Å². The fourth-order valence-electron chi connectivity index (χ4n) is 1.57. The van der Waals surface area contributed by atoms with Crippen LogP contribution in [0.25, 0.3) is 0 Å². The maximum absolute atomic E-state index is 12.0. The number of methoxy groups -OCH3 is 1. The first kappa shape index (κ1) is 12.9. The van der Waals surface area contributed by atoms with Crippen LogP contribution in [0.2, 0.25) is 0 Å². The van der Waals surface area contributed by atoms with Gasteiger partial charge in [0.05, 0.1) is 18.9 Å². The number of nitrogens with one attached hydrogen (secondary N) is 1. The second kappa shape index (κ2) is 5.86. The largest absolute Gasteiger partial charge is 0.496 e. The lowest BCUT2D eigenvalue weighted by Crippen LogP contribution is -2.19. The average molecular weight is 258 g/mol. The highest BCUT2D eigenvalue weighted by Gasteiger charge is 2.10. The summed E-state index contributed by atoms with van der Waals surface area (Å²) in [4.78, 5) is 12.0. The van der Waals surface area contributed by atoms with Crippen LogP contribution in [0.1, 0.15) is 23.0 Å². The van der Waals surface area contributed by atoms with E-state index in [9.17, 15) is 4.79 Å². The number of hydrogen-bond donors (Lipinski definition) is 1. The minimum Gasteiger partial charge on any atom is -0.496 e. The van der Waals surface area contributed by atoms with Crippen molar-refractivity contribution in [2.45, 2.75) is 6.92 Å². The van der Waals surface area contributed by atoms with Crippen LogP contribution in [0.5, 0.6) is 5.75 Å². The number of carbonyl (C=O) groups is 1. The van der Waals surface area contributed by atoms with Gasteiger partial charge in [-0.05, 0) is 31.2 Å². The molecule has 0 unspecified atom stereocenters. The van der Waals surface area contributed by atoms with Crippen LogP contribution >= 0.6 is 0 Å². The standard InChI is InChI=1S/C14H14N2O3/c1-10(12-8-5-9-19-12)15-16-14(17)11-6-3-4-7-13(11)18-2/h3-9H,1-2H3,(H,16,17)/b15-10-. The van der Waals surface area contributed by atoms with E-state index < -0.39 is 0 Å². The van der Waals surface area contributed by atoms with Crippen molar-refractivity contribution in [1.29, 1.82) is 0 Å². The van der Waals surface area contributed by atoms with Crippen molar-refractivity contribution in [3.05, 3.63) is 54.0 Å². The molecule has 1 N–H and O–H groups in total. The lowest BCUT2D eigenvalue weighted by Gasteiger charge is -2.06. The molecule has 1 amide bonds. The molecule has 0 radical (unpaired) electrons. The predicted octanol–water partition coefficient (Wildman–Crippen LogP) is 2.44. The van der Waals surface area contributed by atoms with Crippen LogP contribution in [0.15, 0.2) is 52.2 Å². The number of carbonyl (C=O) groups excluding carboxylic acids is 1. The molecule has 0 aliphatic carbocycles. The average Bonchev–Trinajstić information content (AvgIpc) is 2.98. The van der Waals surface area contributed by atoms with Crippen LogP contribution in [0, 0.1) is 0 Å². The molecule has 0 saturated heterocycles. The predicted molar refractivity (Wildman–Crippen MR) is 71.4 cm³/mol. The smallest absolute Gasteiger partial charge is 0.275 e. The highest BCUT2D eigenvalue weighted by atomic mass is 16.5. The maximum Gasteiger partial charge on any atom is 0.275 e. The molecule has 2 rings (SSSR count). The number of furan rings is 1.